The smallest absolute Gasteiger partial charge is 0.387 e. The van der Waals surface area contributed by atoms with Crippen molar-refractivity contribution in [1.82, 2.24) is 4.98 Å². The first-order valence-electron chi connectivity index (χ1n) is 5.76. The number of aryl methyl sites for hydroxylation is 2. The molecule has 1 N–H and O–H groups in total. The predicted molar refractivity (Wildman–Crippen MR) is 72.0 cm³/mol. The van der Waals surface area contributed by atoms with Crippen LogP contribution in [0.4, 0.5) is 14.5 Å². The molecule has 0 bridgehead atoms. The molecule has 0 radical (unpaired) electrons. The summed E-state index contributed by atoms with van der Waals surface area (Å²) in [4.78, 5) is 5.62. The third-order valence-electron chi connectivity index (χ3n) is 2.60. The molecule has 102 valence electrons. The van der Waals surface area contributed by atoms with Crippen molar-refractivity contribution in [2.45, 2.75) is 27.0 Å². The molecular formula is C13H14F2N2OS. The first-order valence-corrected chi connectivity index (χ1v) is 6.58. The van der Waals surface area contributed by atoms with E-state index in [-0.39, 0.29) is 5.75 Å². The van der Waals surface area contributed by atoms with E-state index >= 15 is 0 Å². The molecule has 0 fully saturated rings. The largest absolute Gasteiger partial charge is 0.435 e. The zero-order chi connectivity index (χ0) is 13.8. The molecule has 0 saturated carbocycles. The maximum atomic E-state index is 12.0. The van der Waals surface area contributed by atoms with Gasteiger partial charge in [-0.15, -0.1) is 11.3 Å². The Bertz CT molecular complexity index is 521. The van der Waals surface area contributed by atoms with E-state index in [4.69, 9.17) is 0 Å². The van der Waals surface area contributed by atoms with E-state index in [9.17, 15) is 8.78 Å². The van der Waals surface area contributed by atoms with Crippen molar-refractivity contribution in [2.24, 2.45) is 0 Å². The van der Waals surface area contributed by atoms with Gasteiger partial charge in [-0.05, 0) is 38.1 Å². The molecule has 19 heavy (non-hydrogen) atoms. The van der Waals surface area contributed by atoms with Crippen LogP contribution in [0.1, 0.15) is 15.6 Å². The lowest BCUT2D eigenvalue weighted by Gasteiger charge is -2.07. The monoisotopic (exact) mass is 284 g/mol. The van der Waals surface area contributed by atoms with Crippen LogP contribution in [-0.4, -0.2) is 11.6 Å². The first-order chi connectivity index (χ1) is 9.04. The quantitative estimate of drug-likeness (QED) is 0.902. The number of thiazole rings is 1. The van der Waals surface area contributed by atoms with E-state index in [2.05, 4.69) is 15.0 Å². The lowest BCUT2D eigenvalue weighted by molar-refractivity contribution is -0.0498. The molecule has 0 aliphatic rings. The summed E-state index contributed by atoms with van der Waals surface area (Å²) in [5.41, 5.74) is 1.88. The molecule has 2 aromatic rings. The van der Waals surface area contributed by atoms with Gasteiger partial charge in [0, 0.05) is 10.6 Å². The Balaban J connectivity index is 1.92. The summed E-state index contributed by atoms with van der Waals surface area (Å²) in [5.74, 6) is 0.154. The number of anilines is 1. The molecule has 0 aliphatic carbocycles. The molecule has 0 amide bonds. The second-order valence-corrected chi connectivity index (χ2v) is 5.29. The number of hydrogen-bond donors (Lipinski definition) is 1. The van der Waals surface area contributed by atoms with Crippen molar-refractivity contribution in [3.63, 3.8) is 0 Å². The fourth-order valence-corrected chi connectivity index (χ4v) is 2.42. The van der Waals surface area contributed by atoms with Gasteiger partial charge in [-0.1, -0.05) is 0 Å². The minimum absolute atomic E-state index is 0.154. The van der Waals surface area contributed by atoms with Gasteiger partial charge in [-0.25, -0.2) is 4.98 Å². The third kappa shape index (κ3) is 3.89. The molecule has 0 atom stereocenters. The molecule has 1 heterocycles. The third-order valence-corrected chi connectivity index (χ3v) is 3.67. The van der Waals surface area contributed by atoms with Gasteiger partial charge in [-0.3, -0.25) is 0 Å². The SMILES string of the molecule is Cc1nc(CNc2ccc(OC(F)F)cc2)sc1C. The summed E-state index contributed by atoms with van der Waals surface area (Å²) >= 11 is 1.65. The summed E-state index contributed by atoms with van der Waals surface area (Å²) in [5, 5.41) is 4.19. The normalized spacial score (nSPS) is 10.8. The summed E-state index contributed by atoms with van der Waals surface area (Å²) in [6, 6.07) is 6.41. The highest BCUT2D eigenvalue weighted by Crippen LogP contribution is 2.20. The van der Waals surface area contributed by atoms with E-state index in [0.717, 1.165) is 16.4 Å². The number of halogens is 2. The zero-order valence-electron chi connectivity index (χ0n) is 10.6. The standard InChI is InChI=1S/C13H14F2N2OS/c1-8-9(2)19-12(17-8)7-16-10-3-5-11(6-4-10)18-13(14)15/h3-6,13,16H,7H2,1-2H3. The number of ether oxygens (including phenoxy) is 1. The van der Waals surface area contributed by atoms with Crippen LogP contribution in [0.2, 0.25) is 0 Å². The van der Waals surface area contributed by atoms with Crippen molar-refractivity contribution in [3.8, 4) is 5.75 Å². The fraction of sp³-hybridized carbons (Fsp3) is 0.308. The number of rotatable bonds is 5. The van der Waals surface area contributed by atoms with Crippen LogP contribution >= 0.6 is 11.3 Å². The Kier molecular flexibility index (Phi) is 4.31. The number of nitrogens with zero attached hydrogens (tertiary/aromatic N) is 1. The highest BCUT2D eigenvalue weighted by atomic mass is 32.1. The maximum absolute atomic E-state index is 12.0. The number of alkyl halides is 2. The molecule has 3 nitrogen and oxygen atoms in total. The van der Waals surface area contributed by atoms with Crippen LogP contribution in [0, 0.1) is 13.8 Å². The molecule has 0 aliphatic heterocycles. The molecule has 6 heteroatoms. The van der Waals surface area contributed by atoms with E-state index in [0.29, 0.717) is 6.54 Å². The zero-order valence-corrected chi connectivity index (χ0v) is 11.4. The Morgan fingerprint density at radius 2 is 1.95 bits per heavy atom. The van der Waals surface area contributed by atoms with Gasteiger partial charge in [0.05, 0.1) is 12.2 Å². The highest BCUT2D eigenvalue weighted by Gasteiger charge is 2.05. The summed E-state index contributed by atoms with van der Waals surface area (Å²) < 4.78 is 28.3. The van der Waals surface area contributed by atoms with Crippen LogP contribution in [0.15, 0.2) is 24.3 Å². The van der Waals surface area contributed by atoms with Crippen LogP contribution in [0.3, 0.4) is 0 Å². The fourth-order valence-electron chi connectivity index (χ4n) is 1.55. The van der Waals surface area contributed by atoms with Crippen LogP contribution in [0.5, 0.6) is 5.75 Å². The first kappa shape index (κ1) is 13.7. The van der Waals surface area contributed by atoms with Crippen molar-refractivity contribution >= 4 is 17.0 Å². The topological polar surface area (TPSA) is 34.2 Å². The Morgan fingerprint density at radius 1 is 1.26 bits per heavy atom. The molecule has 0 saturated heterocycles. The number of benzene rings is 1. The molecule has 0 spiro atoms. The lowest BCUT2D eigenvalue weighted by Crippen LogP contribution is -2.02. The summed E-state index contributed by atoms with van der Waals surface area (Å²) in [7, 11) is 0. The molecule has 0 unspecified atom stereocenters. The van der Waals surface area contributed by atoms with Gasteiger partial charge in [0.1, 0.15) is 10.8 Å². The Labute approximate surface area is 114 Å². The van der Waals surface area contributed by atoms with E-state index in [1.165, 1.54) is 17.0 Å². The molecule has 1 aromatic heterocycles. The molecule has 2 rings (SSSR count). The van der Waals surface area contributed by atoms with E-state index in [1.807, 2.05) is 13.8 Å². The van der Waals surface area contributed by atoms with Crippen LogP contribution < -0.4 is 10.1 Å². The van der Waals surface area contributed by atoms with Crippen molar-refractivity contribution in [3.05, 3.63) is 39.8 Å². The summed E-state index contributed by atoms with van der Waals surface area (Å²) in [6.45, 7) is 1.84. The van der Waals surface area contributed by atoms with Gasteiger partial charge in [0.2, 0.25) is 0 Å². The predicted octanol–water partition coefficient (Wildman–Crippen LogP) is 3.97. The van der Waals surface area contributed by atoms with E-state index in [1.54, 1.807) is 23.5 Å². The highest BCUT2D eigenvalue weighted by molar-refractivity contribution is 7.11. The van der Waals surface area contributed by atoms with Gasteiger partial charge in [0.15, 0.2) is 0 Å². The van der Waals surface area contributed by atoms with Crippen molar-refractivity contribution < 1.29 is 13.5 Å². The Morgan fingerprint density at radius 3 is 2.47 bits per heavy atom. The van der Waals surface area contributed by atoms with Crippen molar-refractivity contribution in [2.75, 3.05) is 5.32 Å². The maximum Gasteiger partial charge on any atom is 0.387 e. The molecule has 1 aromatic carbocycles. The van der Waals surface area contributed by atoms with Gasteiger partial charge < -0.3 is 10.1 Å². The van der Waals surface area contributed by atoms with Gasteiger partial charge >= 0.3 is 6.61 Å². The average Bonchev–Trinajstić information content (AvgIpc) is 2.67. The van der Waals surface area contributed by atoms with Crippen molar-refractivity contribution in [1.29, 1.82) is 0 Å². The van der Waals surface area contributed by atoms with E-state index < -0.39 is 6.61 Å². The minimum Gasteiger partial charge on any atom is -0.435 e. The van der Waals surface area contributed by atoms with Gasteiger partial charge in [-0.2, -0.15) is 8.78 Å². The Hall–Kier alpha value is -1.69. The second kappa shape index (κ2) is 5.97. The average molecular weight is 284 g/mol. The lowest BCUT2D eigenvalue weighted by atomic mass is 10.3. The summed E-state index contributed by atoms with van der Waals surface area (Å²) in [6.07, 6.45) is 0. The van der Waals surface area contributed by atoms with Crippen LogP contribution in [0.25, 0.3) is 0 Å². The van der Waals surface area contributed by atoms with Crippen LogP contribution in [-0.2, 0) is 6.54 Å². The molecular weight excluding hydrogens is 270 g/mol. The number of nitrogens with one attached hydrogen (secondary N) is 1. The minimum atomic E-state index is -2.79. The number of aromatic nitrogens is 1. The number of hydrogen-bond acceptors (Lipinski definition) is 4. The van der Waals surface area contributed by atoms with Gasteiger partial charge in [0.25, 0.3) is 0 Å². The second-order valence-electron chi connectivity index (χ2n) is 4.01.